The molecule has 0 unspecified atom stereocenters. The van der Waals surface area contributed by atoms with Crippen molar-refractivity contribution < 1.29 is 19.1 Å². The molecule has 2 amide bonds. The molecule has 0 aromatic heterocycles. The van der Waals surface area contributed by atoms with Gasteiger partial charge in [-0.25, -0.2) is 0 Å². The van der Waals surface area contributed by atoms with Crippen LogP contribution in [0.2, 0.25) is 0 Å². The summed E-state index contributed by atoms with van der Waals surface area (Å²) in [5.41, 5.74) is 6.87. The number of hydrogen-bond donors (Lipinski definition) is 2. The first-order valence-electron chi connectivity index (χ1n) is 8.51. The number of nitrogens with two attached hydrogens (primary N) is 1. The number of rotatable bonds is 7. The molecule has 136 valence electrons. The van der Waals surface area contributed by atoms with Crippen molar-refractivity contribution in [2.24, 2.45) is 5.73 Å². The summed E-state index contributed by atoms with van der Waals surface area (Å²) in [6.07, 6.45) is 1.87. The van der Waals surface area contributed by atoms with Gasteiger partial charge in [0.2, 0.25) is 0 Å². The SMILES string of the molecule is COc1cc(C(=O)NC2CC(c3ccccc3)C2)ccc1OCC(N)=O. The Labute approximate surface area is 152 Å². The van der Waals surface area contributed by atoms with Gasteiger partial charge in [-0.15, -0.1) is 0 Å². The first kappa shape index (κ1) is 17.8. The Hall–Kier alpha value is -3.02. The Morgan fingerprint density at radius 2 is 1.85 bits per heavy atom. The summed E-state index contributed by atoms with van der Waals surface area (Å²) >= 11 is 0. The Morgan fingerprint density at radius 3 is 2.50 bits per heavy atom. The summed E-state index contributed by atoms with van der Waals surface area (Å²) < 4.78 is 10.5. The van der Waals surface area contributed by atoms with Gasteiger partial charge in [-0.2, -0.15) is 0 Å². The molecule has 0 saturated heterocycles. The smallest absolute Gasteiger partial charge is 0.255 e. The number of carbonyl (C=O) groups is 2. The van der Waals surface area contributed by atoms with E-state index in [1.807, 2.05) is 18.2 Å². The lowest BCUT2D eigenvalue weighted by molar-refractivity contribution is -0.119. The molecule has 6 heteroatoms. The van der Waals surface area contributed by atoms with Gasteiger partial charge in [0.05, 0.1) is 7.11 Å². The molecule has 1 fully saturated rings. The first-order chi connectivity index (χ1) is 12.6. The predicted octanol–water partition coefficient (Wildman–Crippen LogP) is 2.24. The van der Waals surface area contributed by atoms with Crippen LogP contribution in [0.15, 0.2) is 48.5 Å². The zero-order valence-corrected chi connectivity index (χ0v) is 14.6. The lowest BCUT2D eigenvalue weighted by Gasteiger charge is -2.36. The normalized spacial score (nSPS) is 18.5. The second-order valence-corrected chi connectivity index (χ2v) is 6.37. The highest BCUT2D eigenvalue weighted by molar-refractivity contribution is 5.95. The van der Waals surface area contributed by atoms with E-state index in [9.17, 15) is 9.59 Å². The fourth-order valence-corrected chi connectivity index (χ4v) is 3.08. The van der Waals surface area contributed by atoms with Gasteiger partial charge in [0.15, 0.2) is 18.1 Å². The number of amides is 2. The zero-order chi connectivity index (χ0) is 18.5. The summed E-state index contributed by atoms with van der Waals surface area (Å²) in [5, 5.41) is 3.04. The summed E-state index contributed by atoms with van der Waals surface area (Å²) in [6.45, 7) is -0.245. The number of benzene rings is 2. The maximum atomic E-state index is 12.5. The van der Waals surface area contributed by atoms with E-state index in [4.69, 9.17) is 15.2 Å². The molecule has 1 aliphatic carbocycles. The van der Waals surface area contributed by atoms with Crippen molar-refractivity contribution in [2.45, 2.75) is 24.8 Å². The van der Waals surface area contributed by atoms with E-state index in [-0.39, 0.29) is 18.6 Å². The first-order valence-corrected chi connectivity index (χ1v) is 8.51. The molecule has 0 aliphatic heterocycles. The lowest BCUT2D eigenvalue weighted by atomic mass is 9.76. The van der Waals surface area contributed by atoms with E-state index in [2.05, 4.69) is 17.4 Å². The van der Waals surface area contributed by atoms with Crippen molar-refractivity contribution in [1.29, 1.82) is 0 Å². The van der Waals surface area contributed by atoms with Crippen LogP contribution in [-0.4, -0.2) is 31.6 Å². The third-order valence-corrected chi connectivity index (χ3v) is 4.54. The molecule has 26 heavy (non-hydrogen) atoms. The summed E-state index contributed by atoms with van der Waals surface area (Å²) in [7, 11) is 1.48. The van der Waals surface area contributed by atoms with Crippen LogP contribution in [0.5, 0.6) is 11.5 Å². The van der Waals surface area contributed by atoms with Crippen LogP contribution in [0.1, 0.15) is 34.7 Å². The summed E-state index contributed by atoms with van der Waals surface area (Å²) in [5.74, 6) is 0.527. The van der Waals surface area contributed by atoms with Gasteiger partial charge >= 0.3 is 0 Å². The molecule has 6 nitrogen and oxygen atoms in total. The number of hydrogen-bond acceptors (Lipinski definition) is 4. The zero-order valence-electron chi connectivity index (χ0n) is 14.6. The molecule has 0 heterocycles. The van der Waals surface area contributed by atoms with Gasteiger partial charge in [0, 0.05) is 11.6 Å². The van der Waals surface area contributed by atoms with E-state index in [1.165, 1.54) is 12.7 Å². The number of carbonyl (C=O) groups excluding carboxylic acids is 2. The van der Waals surface area contributed by atoms with Crippen LogP contribution in [0, 0.1) is 0 Å². The Balaban J connectivity index is 1.57. The van der Waals surface area contributed by atoms with Gasteiger partial charge in [0.1, 0.15) is 0 Å². The highest BCUT2D eigenvalue weighted by Gasteiger charge is 2.31. The molecule has 0 spiro atoms. The summed E-state index contributed by atoms with van der Waals surface area (Å²) in [4.78, 5) is 23.3. The van der Waals surface area contributed by atoms with E-state index in [1.54, 1.807) is 18.2 Å². The fraction of sp³-hybridized carbons (Fsp3) is 0.300. The second kappa shape index (κ2) is 7.91. The second-order valence-electron chi connectivity index (χ2n) is 6.37. The minimum absolute atomic E-state index is 0.152. The molecule has 3 rings (SSSR count). The van der Waals surface area contributed by atoms with Crippen LogP contribution >= 0.6 is 0 Å². The van der Waals surface area contributed by atoms with Crippen molar-refractivity contribution in [3.8, 4) is 11.5 Å². The predicted molar refractivity (Wildman–Crippen MR) is 97.4 cm³/mol. The van der Waals surface area contributed by atoms with E-state index in [0.717, 1.165) is 12.8 Å². The highest BCUT2D eigenvalue weighted by Crippen LogP contribution is 2.37. The molecule has 0 radical (unpaired) electrons. The van der Waals surface area contributed by atoms with Crippen molar-refractivity contribution in [1.82, 2.24) is 5.32 Å². The molecule has 0 bridgehead atoms. The number of ether oxygens (including phenoxy) is 2. The number of methoxy groups -OCH3 is 1. The van der Waals surface area contributed by atoms with Crippen LogP contribution in [-0.2, 0) is 4.79 Å². The van der Waals surface area contributed by atoms with Gasteiger partial charge < -0.3 is 20.5 Å². The molecule has 3 N–H and O–H groups in total. The third-order valence-electron chi connectivity index (χ3n) is 4.54. The molecule has 2 aromatic carbocycles. The van der Waals surface area contributed by atoms with Crippen LogP contribution < -0.4 is 20.5 Å². The van der Waals surface area contributed by atoms with Crippen LogP contribution in [0.3, 0.4) is 0 Å². The highest BCUT2D eigenvalue weighted by atomic mass is 16.5. The largest absolute Gasteiger partial charge is 0.493 e. The van der Waals surface area contributed by atoms with E-state index < -0.39 is 5.91 Å². The lowest BCUT2D eigenvalue weighted by Crippen LogP contribution is -2.43. The molecular weight excluding hydrogens is 332 g/mol. The van der Waals surface area contributed by atoms with Crippen molar-refractivity contribution in [3.63, 3.8) is 0 Å². The summed E-state index contributed by atoms with van der Waals surface area (Å²) in [6, 6.07) is 15.3. The number of primary amides is 1. The molecule has 2 aromatic rings. The Bertz CT molecular complexity index is 786. The molecular formula is C20H22N2O4. The fourth-order valence-electron chi connectivity index (χ4n) is 3.08. The topological polar surface area (TPSA) is 90.7 Å². The Morgan fingerprint density at radius 1 is 1.12 bits per heavy atom. The standard InChI is InChI=1S/C20H22N2O4/c1-25-18-11-14(7-8-17(18)26-12-19(21)23)20(24)22-16-9-15(10-16)13-5-3-2-4-6-13/h2-8,11,15-16H,9-10,12H2,1H3,(H2,21,23)(H,22,24). The minimum atomic E-state index is -0.577. The van der Waals surface area contributed by atoms with Crippen molar-refractivity contribution in [2.75, 3.05) is 13.7 Å². The molecule has 1 aliphatic rings. The average molecular weight is 354 g/mol. The Kier molecular flexibility index (Phi) is 5.41. The maximum Gasteiger partial charge on any atom is 0.255 e. The van der Waals surface area contributed by atoms with Gasteiger partial charge in [-0.05, 0) is 42.5 Å². The third kappa shape index (κ3) is 4.14. The van der Waals surface area contributed by atoms with Gasteiger partial charge in [-0.3, -0.25) is 9.59 Å². The van der Waals surface area contributed by atoms with E-state index >= 15 is 0 Å². The maximum absolute atomic E-state index is 12.5. The van der Waals surface area contributed by atoms with Crippen molar-refractivity contribution >= 4 is 11.8 Å². The minimum Gasteiger partial charge on any atom is -0.493 e. The number of nitrogens with one attached hydrogen (secondary N) is 1. The van der Waals surface area contributed by atoms with Gasteiger partial charge in [-0.1, -0.05) is 30.3 Å². The monoisotopic (exact) mass is 354 g/mol. The van der Waals surface area contributed by atoms with Crippen LogP contribution in [0.4, 0.5) is 0 Å². The molecule has 0 atom stereocenters. The quantitative estimate of drug-likeness (QED) is 0.798. The van der Waals surface area contributed by atoms with Crippen molar-refractivity contribution in [3.05, 3.63) is 59.7 Å². The molecule has 1 saturated carbocycles. The van der Waals surface area contributed by atoms with Gasteiger partial charge in [0.25, 0.3) is 11.8 Å². The van der Waals surface area contributed by atoms with E-state index in [0.29, 0.717) is 23.0 Å². The average Bonchev–Trinajstić information content (AvgIpc) is 2.62. The van der Waals surface area contributed by atoms with Crippen LogP contribution in [0.25, 0.3) is 0 Å².